The summed E-state index contributed by atoms with van der Waals surface area (Å²) in [6, 6.07) is 8.49. The number of fused-ring (bicyclic) bond motifs is 1. The third-order valence-corrected chi connectivity index (χ3v) is 4.72. The van der Waals surface area contributed by atoms with Crippen LogP contribution in [0.25, 0.3) is 22.3 Å². The quantitative estimate of drug-likeness (QED) is 0.611. The monoisotopic (exact) mass is 384 g/mol. The Morgan fingerprint density at radius 1 is 1.19 bits per heavy atom. The van der Waals surface area contributed by atoms with Crippen molar-refractivity contribution in [1.29, 1.82) is 0 Å². The van der Waals surface area contributed by atoms with Crippen molar-refractivity contribution in [2.45, 2.75) is 0 Å². The van der Waals surface area contributed by atoms with Crippen LogP contribution in [0.5, 0.6) is 5.75 Å². The number of para-hydroxylation sites is 1. The van der Waals surface area contributed by atoms with Crippen LogP contribution in [-0.2, 0) is 0 Å². The predicted molar refractivity (Wildman–Crippen MR) is 87.2 cm³/mol. The number of halogens is 3. The maximum Gasteiger partial charge on any atom is 0.259 e. The fourth-order valence-electron chi connectivity index (χ4n) is 1.98. The predicted octanol–water partition coefficient (Wildman–Crippen LogP) is 4.37. The molecule has 7 heteroatoms. The second-order valence-corrected chi connectivity index (χ2v) is 5.92. The van der Waals surface area contributed by atoms with Gasteiger partial charge >= 0.3 is 0 Å². The van der Waals surface area contributed by atoms with Gasteiger partial charge in [-0.2, -0.15) is 0 Å². The molecule has 0 amide bonds. The lowest BCUT2D eigenvalue weighted by molar-refractivity contribution is 0.477. The van der Waals surface area contributed by atoms with Crippen LogP contribution in [0.2, 0.25) is 10.0 Å². The van der Waals surface area contributed by atoms with Crippen molar-refractivity contribution in [2.24, 2.45) is 0 Å². The van der Waals surface area contributed by atoms with E-state index in [1.165, 1.54) is 0 Å². The van der Waals surface area contributed by atoms with Crippen LogP contribution >= 0.6 is 39.1 Å². The van der Waals surface area contributed by atoms with Crippen molar-refractivity contribution in [1.82, 2.24) is 9.97 Å². The van der Waals surface area contributed by atoms with Crippen LogP contribution in [-0.4, -0.2) is 15.1 Å². The summed E-state index contributed by atoms with van der Waals surface area (Å²) < 4.78 is 0.498. The number of hydrogen-bond acceptors (Lipinski definition) is 3. The number of aromatic nitrogens is 2. The Labute approximate surface area is 137 Å². The molecule has 0 saturated heterocycles. The normalized spacial score (nSPS) is 11.0. The molecule has 1 aromatic heterocycles. The molecule has 3 aromatic rings. The van der Waals surface area contributed by atoms with Gasteiger partial charge in [0.05, 0.1) is 21.5 Å². The second-order valence-electron chi connectivity index (χ2n) is 4.31. The molecule has 0 atom stereocenters. The maximum absolute atomic E-state index is 12.1. The van der Waals surface area contributed by atoms with Crippen LogP contribution in [0.3, 0.4) is 0 Å². The van der Waals surface area contributed by atoms with Gasteiger partial charge in [0.1, 0.15) is 16.6 Å². The summed E-state index contributed by atoms with van der Waals surface area (Å²) in [7, 11) is 0. The molecule has 0 aliphatic heterocycles. The first-order valence-electron chi connectivity index (χ1n) is 5.85. The number of phenolic OH excluding ortho intramolecular Hbond substituents is 1. The smallest absolute Gasteiger partial charge is 0.259 e. The van der Waals surface area contributed by atoms with E-state index in [4.69, 9.17) is 23.2 Å². The molecular weight excluding hydrogens is 379 g/mol. The maximum atomic E-state index is 12.1. The molecule has 106 valence electrons. The average Bonchev–Trinajstić information content (AvgIpc) is 2.49. The highest BCUT2D eigenvalue weighted by atomic mass is 79.9. The zero-order valence-corrected chi connectivity index (χ0v) is 13.4. The molecule has 0 bridgehead atoms. The van der Waals surface area contributed by atoms with Crippen LogP contribution < -0.4 is 5.56 Å². The molecule has 2 aromatic carbocycles. The van der Waals surface area contributed by atoms with Gasteiger partial charge < -0.3 is 10.1 Å². The number of nitrogens with zero attached hydrogens (tertiary/aromatic N) is 1. The minimum absolute atomic E-state index is 0.00292. The molecule has 21 heavy (non-hydrogen) atoms. The molecule has 3 rings (SSSR count). The molecule has 0 saturated carbocycles. The molecule has 0 radical (unpaired) electrons. The SMILES string of the molecule is O=c1[nH]c(-c2cc(Br)c(Cl)c(Cl)c2O)nc2ccccc12. The Hall–Kier alpha value is -1.56. The van der Waals surface area contributed by atoms with E-state index in [1.54, 1.807) is 30.3 Å². The largest absolute Gasteiger partial charge is 0.506 e. The zero-order chi connectivity index (χ0) is 15.1. The van der Waals surface area contributed by atoms with E-state index in [0.717, 1.165) is 0 Å². The minimum Gasteiger partial charge on any atom is -0.506 e. The molecule has 0 fully saturated rings. The number of H-pyrrole nitrogens is 1. The third kappa shape index (κ3) is 2.41. The first-order chi connectivity index (χ1) is 9.99. The highest BCUT2D eigenvalue weighted by Gasteiger charge is 2.17. The van der Waals surface area contributed by atoms with Crippen molar-refractivity contribution in [3.05, 3.63) is 55.2 Å². The van der Waals surface area contributed by atoms with E-state index < -0.39 is 0 Å². The number of aromatic amines is 1. The van der Waals surface area contributed by atoms with Crippen LogP contribution in [0.1, 0.15) is 0 Å². The third-order valence-electron chi connectivity index (χ3n) is 3.00. The summed E-state index contributed by atoms with van der Waals surface area (Å²) in [5, 5.41) is 10.8. The van der Waals surface area contributed by atoms with Crippen LogP contribution in [0, 0.1) is 0 Å². The molecule has 0 aliphatic rings. The zero-order valence-electron chi connectivity index (χ0n) is 10.3. The minimum atomic E-state index is -0.294. The van der Waals surface area contributed by atoms with E-state index in [-0.39, 0.29) is 27.2 Å². The molecule has 1 heterocycles. The molecule has 4 nitrogen and oxygen atoms in total. The molecule has 0 aliphatic carbocycles. The lowest BCUT2D eigenvalue weighted by Crippen LogP contribution is -2.09. The van der Waals surface area contributed by atoms with Crippen LogP contribution in [0.4, 0.5) is 0 Å². The van der Waals surface area contributed by atoms with Crippen molar-refractivity contribution < 1.29 is 5.11 Å². The van der Waals surface area contributed by atoms with Crippen LogP contribution in [0.15, 0.2) is 39.6 Å². The van der Waals surface area contributed by atoms with Crippen molar-refractivity contribution in [2.75, 3.05) is 0 Å². The Morgan fingerprint density at radius 2 is 1.90 bits per heavy atom. The number of hydrogen-bond donors (Lipinski definition) is 2. The Kier molecular flexibility index (Phi) is 3.65. The van der Waals surface area contributed by atoms with E-state index in [9.17, 15) is 9.90 Å². The number of rotatable bonds is 1. The fourth-order valence-corrected chi connectivity index (χ4v) is 2.87. The highest BCUT2D eigenvalue weighted by molar-refractivity contribution is 9.10. The van der Waals surface area contributed by atoms with Gasteiger partial charge in [0.2, 0.25) is 0 Å². The Morgan fingerprint density at radius 3 is 2.67 bits per heavy atom. The molecule has 2 N–H and O–H groups in total. The van der Waals surface area contributed by atoms with Gasteiger partial charge in [-0.05, 0) is 34.1 Å². The number of phenols is 1. The summed E-state index contributed by atoms with van der Waals surface area (Å²) in [4.78, 5) is 19.0. The summed E-state index contributed by atoms with van der Waals surface area (Å²) in [5.74, 6) is -0.0150. The summed E-state index contributed by atoms with van der Waals surface area (Å²) >= 11 is 15.2. The Bertz CT molecular complexity index is 925. The lowest BCUT2D eigenvalue weighted by atomic mass is 10.1. The van der Waals surface area contributed by atoms with Gasteiger partial charge in [-0.3, -0.25) is 4.79 Å². The van der Waals surface area contributed by atoms with E-state index in [1.807, 2.05) is 0 Å². The standard InChI is InChI=1S/C14H7BrCl2N2O2/c15-8-5-7(12(20)11(17)10(8)16)13-18-9-4-2-1-3-6(9)14(21)19-13/h1-5,20H,(H,18,19,21). The lowest BCUT2D eigenvalue weighted by Gasteiger charge is -2.09. The molecular formula is C14H7BrCl2N2O2. The van der Waals surface area contributed by atoms with Gasteiger partial charge in [-0.15, -0.1) is 0 Å². The second kappa shape index (κ2) is 5.33. The van der Waals surface area contributed by atoms with Gasteiger partial charge in [0.25, 0.3) is 5.56 Å². The average molecular weight is 386 g/mol. The van der Waals surface area contributed by atoms with Gasteiger partial charge in [0, 0.05) is 4.47 Å². The van der Waals surface area contributed by atoms with Crippen molar-refractivity contribution in [3.8, 4) is 17.1 Å². The topological polar surface area (TPSA) is 66.0 Å². The van der Waals surface area contributed by atoms with Gasteiger partial charge in [-0.1, -0.05) is 35.3 Å². The van der Waals surface area contributed by atoms with Gasteiger partial charge in [0.15, 0.2) is 0 Å². The number of benzene rings is 2. The highest BCUT2D eigenvalue weighted by Crippen LogP contribution is 2.42. The van der Waals surface area contributed by atoms with Crippen molar-refractivity contribution >= 4 is 50.0 Å². The van der Waals surface area contributed by atoms with E-state index >= 15 is 0 Å². The number of aromatic hydroxyl groups is 1. The summed E-state index contributed by atoms with van der Waals surface area (Å²) in [5.41, 5.74) is 0.522. The van der Waals surface area contributed by atoms with Gasteiger partial charge in [-0.25, -0.2) is 4.98 Å². The first kappa shape index (κ1) is 14.4. The van der Waals surface area contributed by atoms with E-state index in [0.29, 0.717) is 20.9 Å². The Balaban J connectivity index is 2.34. The number of nitrogens with one attached hydrogen (secondary N) is 1. The molecule has 0 unspecified atom stereocenters. The van der Waals surface area contributed by atoms with E-state index in [2.05, 4.69) is 25.9 Å². The molecule has 0 spiro atoms. The van der Waals surface area contributed by atoms with Crippen molar-refractivity contribution in [3.63, 3.8) is 0 Å². The summed E-state index contributed by atoms with van der Waals surface area (Å²) in [6.07, 6.45) is 0. The summed E-state index contributed by atoms with van der Waals surface area (Å²) in [6.45, 7) is 0. The fraction of sp³-hybridized carbons (Fsp3) is 0. The first-order valence-corrected chi connectivity index (χ1v) is 7.40.